The van der Waals surface area contributed by atoms with Crippen LogP contribution in [0.15, 0.2) is 0 Å². The maximum absolute atomic E-state index is 5.66. The van der Waals surface area contributed by atoms with Crippen LogP contribution in [0.1, 0.15) is 13.8 Å². The summed E-state index contributed by atoms with van der Waals surface area (Å²) < 4.78 is 4.74. The van der Waals surface area contributed by atoms with Crippen molar-refractivity contribution in [1.82, 2.24) is 0 Å². The fourth-order valence-corrected chi connectivity index (χ4v) is 0.735. The molecule has 7 nitrogen and oxygen atoms in total. The molecule has 0 heterocycles. The molecule has 0 aliphatic heterocycles. The van der Waals surface area contributed by atoms with Gasteiger partial charge in [0.1, 0.15) is 5.66 Å². The molecule has 12 N–H and O–H groups in total. The summed E-state index contributed by atoms with van der Waals surface area (Å²) in [4.78, 5) is 0. The number of ether oxygens (including phenoxy) is 1. The van der Waals surface area contributed by atoms with Gasteiger partial charge < -0.3 is 27.7 Å². The van der Waals surface area contributed by atoms with Crippen molar-refractivity contribution in [3.8, 4) is 0 Å². The van der Waals surface area contributed by atoms with E-state index >= 15 is 0 Å². The molecule has 0 atom stereocenters. The Morgan fingerprint density at radius 3 is 1.64 bits per heavy atom. The van der Waals surface area contributed by atoms with Gasteiger partial charge in [-0.3, -0.25) is 11.5 Å². The maximum atomic E-state index is 5.66. The normalized spacial score (nSPS) is 13.3. The number of hydrogen-bond donors (Lipinski definition) is 6. The Kier molecular flexibility index (Phi) is 7.00. The molecule has 0 aromatic heterocycles. The van der Waals surface area contributed by atoms with Crippen molar-refractivity contribution in [1.29, 1.82) is 0 Å². The summed E-state index contributed by atoms with van der Waals surface area (Å²) in [7, 11) is 0. The third-order valence-corrected chi connectivity index (χ3v) is 1.92. The van der Waals surface area contributed by atoms with E-state index in [1.165, 1.54) is 0 Å². The van der Waals surface area contributed by atoms with E-state index < -0.39 is 11.5 Å². The van der Waals surface area contributed by atoms with Gasteiger partial charge in [-0.25, -0.2) is 0 Å². The van der Waals surface area contributed by atoms with Gasteiger partial charge in [0.15, 0.2) is 5.85 Å². The van der Waals surface area contributed by atoms with Gasteiger partial charge in [0.2, 0.25) is 0 Å². The van der Waals surface area contributed by atoms with Gasteiger partial charge in [-0.1, -0.05) is 20.2 Å². The first-order valence-electron chi connectivity index (χ1n) is 3.83. The van der Waals surface area contributed by atoms with Crippen LogP contribution in [0.2, 0.25) is 0 Å². The Labute approximate surface area is 106 Å². The van der Waals surface area contributed by atoms with Crippen LogP contribution in [0.5, 0.6) is 0 Å². The van der Waals surface area contributed by atoms with Crippen molar-refractivity contribution in [2.24, 2.45) is 40.3 Å². The van der Waals surface area contributed by atoms with E-state index in [0.717, 1.165) is 0 Å². The molecule has 0 saturated heterocycles. The molecule has 0 bridgehead atoms. The molecule has 0 unspecified atom stereocenters. The van der Waals surface area contributed by atoms with Gasteiger partial charge in [0.05, 0.1) is 0 Å². The maximum Gasteiger partial charge on any atom is 0.175 e. The van der Waals surface area contributed by atoms with Crippen LogP contribution in [-0.2, 0) is 4.74 Å². The Balaban J connectivity index is 0. The van der Waals surface area contributed by atoms with Gasteiger partial charge in [0, 0.05) is 29.9 Å². The third kappa shape index (κ3) is 4.08. The molecule has 14 heavy (non-hydrogen) atoms. The molecule has 0 aliphatic rings. The predicted octanol–water partition coefficient (Wildman–Crippen LogP) is -2.79. The van der Waals surface area contributed by atoms with Crippen molar-refractivity contribution < 1.29 is 34.7 Å². The molecule has 0 spiro atoms. The number of nitrogens with two attached hydrogens (primary N) is 6. The van der Waals surface area contributed by atoms with Crippen molar-refractivity contribution in [2.75, 3.05) is 0 Å². The zero-order valence-corrected chi connectivity index (χ0v) is 12.1. The molecule has 85 valence electrons. The van der Waals surface area contributed by atoms with Gasteiger partial charge in [-0.05, 0) is 5.92 Å². The second-order valence-corrected chi connectivity index (χ2v) is 3.39. The van der Waals surface area contributed by atoms with Crippen LogP contribution in [0.25, 0.3) is 0 Å². The van der Waals surface area contributed by atoms with Crippen LogP contribution < -0.4 is 34.4 Å². The van der Waals surface area contributed by atoms with Crippen LogP contribution in [0.4, 0.5) is 0 Å². The second kappa shape index (κ2) is 5.72. The summed E-state index contributed by atoms with van der Waals surface area (Å²) >= 11 is 0. The number of rotatable bonds is 4. The van der Waals surface area contributed by atoms with Gasteiger partial charge >= 0.3 is 0 Å². The van der Waals surface area contributed by atoms with Crippen molar-refractivity contribution in [2.45, 2.75) is 25.4 Å². The first-order valence-corrected chi connectivity index (χ1v) is 3.83. The Hall–Kier alpha value is 0.733. The average Bonchev–Trinajstić information content (AvgIpc) is 1.83. The fourth-order valence-electron chi connectivity index (χ4n) is 0.735. The smallest absolute Gasteiger partial charge is 0.175 e. The summed E-state index contributed by atoms with van der Waals surface area (Å²) in [5, 5.41) is 0. The SMILES string of the molecule is CC(C)C(N)(N)C(N)(N)O[C-](N)N.[Np]. The molecular formula is C6H19N6NpO-. The van der Waals surface area contributed by atoms with Crippen molar-refractivity contribution in [3.05, 3.63) is 6.35 Å². The van der Waals surface area contributed by atoms with Crippen LogP contribution in [-0.4, -0.2) is 11.5 Å². The Morgan fingerprint density at radius 2 is 1.43 bits per heavy atom. The minimum absolute atomic E-state index is 0. The summed E-state index contributed by atoms with van der Waals surface area (Å²) in [6, 6.07) is 0. The molecule has 0 rings (SSSR count). The van der Waals surface area contributed by atoms with Gasteiger partial charge in [-0.15, -0.1) is 0 Å². The van der Waals surface area contributed by atoms with Crippen molar-refractivity contribution >= 4 is 0 Å². The second-order valence-electron chi connectivity index (χ2n) is 3.39. The molecular weight excluding hydrogens is 409 g/mol. The average molecular weight is 428 g/mol. The summed E-state index contributed by atoms with van der Waals surface area (Å²) in [5.41, 5.74) is 31.1. The molecule has 1 radical (unpaired) electrons. The molecule has 8 heteroatoms. The van der Waals surface area contributed by atoms with Crippen molar-refractivity contribution in [3.63, 3.8) is 0 Å². The van der Waals surface area contributed by atoms with E-state index in [4.69, 9.17) is 39.1 Å². The first-order chi connectivity index (χ1) is 5.61. The Bertz CT molecular complexity index is 172. The molecule has 0 fully saturated rings. The Morgan fingerprint density at radius 1 is 1.07 bits per heavy atom. The minimum Gasteiger partial charge on any atom is -0.490 e. The van der Waals surface area contributed by atoms with E-state index in [0.29, 0.717) is 0 Å². The molecule has 0 aliphatic carbocycles. The van der Waals surface area contributed by atoms with Gasteiger partial charge in [0.25, 0.3) is 0 Å². The minimum atomic E-state index is -1.79. The fraction of sp³-hybridized carbons (Fsp3) is 0.833. The van der Waals surface area contributed by atoms with E-state index in [-0.39, 0.29) is 42.2 Å². The molecule has 0 aromatic rings. The topological polar surface area (TPSA) is 165 Å². The summed E-state index contributed by atoms with van der Waals surface area (Å²) in [6.45, 7) is 3.51. The summed E-state index contributed by atoms with van der Waals surface area (Å²) in [5.74, 6) is -1.98. The molecule has 0 saturated carbocycles. The largest absolute Gasteiger partial charge is 0.490 e. The van der Waals surface area contributed by atoms with Gasteiger partial charge in [-0.2, -0.15) is 0 Å². The monoisotopic (exact) mass is 427 g/mol. The standard InChI is InChI=1S/C6H19N6O.Np/c1-3(2)5(9,10)6(11,12)13-4(7)8;/h3H,7-12H2,1-2H3;/q-1;. The van der Waals surface area contributed by atoms with E-state index in [2.05, 4.69) is 0 Å². The zero-order valence-electron chi connectivity index (χ0n) is 8.40. The van der Waals surface area contributed by atoms with E-state index in [1.54, 1.807) is 13.8 Å². The zero-order chi connectivity index (χ0) is 10.9. The summed E-state index contributed by atoms with van der Waals surface area (Å²) in [6.07, 6.45) is -0.370. The first kappa shape index (κ1) is 17.1. The predicted molar refractivity (Wildman–Crippen MR) is 49.8 cm³/mol. The third-order valence-electron chi connectivity index (χ3n) is 1.92. The molecule has 0 aromatic carbocycles. The molecule has 0 amide bonds. The van der Waals surface area contributed by atoms with Crippen LogP contribution >= 0.6 is 0 Å². The quantitative estimate of drug-likeness (QED) is 0.208. The number of hydrogen-bond acceptors (Lipinski definition) is 7. The van der Waals surface area contributed by atoms with Crippen LogP contribution in [0, 0.1) is 42.2 Å². The van der Waals surface area contributed by atoms with E-state index in [1.807, 2.05) is 0 Å². The van der Waals surface area contributed by atoms with E-state index in [9.17, 15) is 0 Å². The van der Waals surface area contributed by atoms with Crippen LogP contribution in [0.3, 0.4) is 0 Å².